The monoisotopic (exact) mass is 314 g/mol. The minimum absolute atomic E-state index is 0.00472. The number of halogens is 4. The van der Waals surface area contributed by atoms with Crippen molar-refractivity contribution < 1.29 is 8.78 Å². The average Bonchev–Trinajstić information content (AvgIpc) is 2.08. The molecule has 0 aliphatic carbocycles. The third-order valence-corrected chi connectivity index (χ3v) is 3.05. The van der Waals surface area contributed by atoms with E-state index in [2.05, 4.69) is 4.98 Å². The lowest BCUT2D eigenvalue weighted by molar-refractivity contribution is 0.150. The van der Waals surface area contributed by atoms with Gasteiger partial charge in [0, 0.05) is 6.20 Å². The fourth-order valence-electron chi connectivity index (χ4n) is 0.779. The molecule has 0 bridgehead atoms. The zero-order valence-corrected chi connectivity index (χ0v) is 8.97. The van der Waals surface area contributed by atoms with Gasteiger partial charge in [0.1, 0.15) is 11.2 Å². The molecule has 0 radical (unpaired) electrons. The number of alkyl halides is 2. The molecular formula is C7H2ClF2IN2. The molecule has 0 spiro atoms. The summed E-state index contributed by atoms with van der Waals surface area (Å²) >= 11 is 7.17. The summed E-state index contributed by atoms with van der Waals surface area (Å²) in [5.41, 5.74) is -0.480. The molecule has 13 heavy (non-hydrogen) atoms. The van der Waals surface area contributed by atoms with Crippen molar-refractivity contribution in [3.05, 3.63) is 26.0 Å². The maximum Gasteiger partial charge on any atom is 0.266 e. The van der Waals surface area contributed by atoms with Crippen molar-refractivity contribution >= 4 is 34.2 Å². The first kappa shape index (κ1) is 10.6. The van der Waals surface area contributed by atoms with Gasteiger partial charge < -0.3 is 0 Å². The molecule has 0 aliphatic rings. The molecule has 0 fully saturated rings. The lowest BCUT2D eigenvalue weighted by Gasteiger charge is -2.05. The minimum atomic E-state index is -2.71. The third kappa shape index (κ3) is 2.06. The minimum Gasteiger partial charge on any atom is -0.242 e. The highest BCUT2D eigenvalue weighted by Gasteiger charge is 2.19. The van der Waals surface area contributed by atoms with Crippen LogP contribution in [0.4, 0.5) is 8.78 Å². The van der Waals surface area contributed by atoms with E-state index in [0.29, 0.717) is 0 Å². The number of rotatable bonds is 1. The second-order valence-corrected chi connectivity index (χ2v) is 3.54. The van der Waals surface area contributed by atoms with Crippen LogP contribution in [0.25, 0.3) is 0 Å². The molecule has 0 N–H and O–H groups in total. The van der Waals surface area contributed by atoms with E-state index in [1.165, 1.54) is 0 Å². The molecule has 1 aromatic rings. The molecule has 1 heterocycles. The van der Waals surface area contributed by atoms with E-state index >= 15 is 0 Å². The van der Waals surface area contributed by atoms with Gasteiger partial charge in [0.15, 0.2) is 0 Å². The van der Waals surface area contributed by atoms with Crippen molar-refractivity contribution in [1.29, 1.82) is 5.26 Å². The maximum atomic E-state index is 12.4. The molecule has 2 nitrogen and oxygen atoms in total. The zero-order valence-electron chi connectivity index (χ0n) is 6.06. The van der Waals surface area contributed by atoms with Crippen LogP contribution >= 0.6 is 34.2 Å². The molecule has 0 aromatic carbocycles. The van der Waals surface area contributed by atoms with Gasteiger partial charge in [0.2, 0.25) is 0 Å². The van der Waals surface area contributed by atoms with Crippen molar-refractivity contribution in [1.82, 2.24) is 4.98 Å². The summed E-state index contributed by atoms with van der Waals surface area (Å²) in [4.78, 5) is 3.59. The first-order valence-corrected chi connectivity index (χ1v) is 4.55. The Bertz CT molecular complexity index is 375. The van der Waals surface area contributed by atoms with E-state index in [0.717, 1.165) is 6.20 Å². The normalized spacial score (nSPS) is 10.2. The second kappa shape index (κ2) is 4.15. The fourth-order valence-corrected chi connectivity index (χ4v) is 1.60. The number of aromatic nitrogens is 1. The largest absolute Gasteiger partial charge is 0.266 e. The van der Waals surface area contributed by atoms with Crippen molar-refractivity contribution in [2.24, 2.45) is 0 Å². The topological polar surface area (TPSA) is 36.7 Å². The summed E-state index contributed by atoms with van der Waals surface area (Å²) in [6, 6.07) is 1.64. The van der Waals surface area contributed by atoms with Crippen molar-refractivity contribution in [3.8, 4) is 6.07 Å². The molecule has 0 saturated carbocycles. The second-order valence-electron chi connectivity index (χ2n) is 2.10. The molecule has 0 atom stereocenters. The Kier molecular flexibility index (Phi) is 3.39. The van der Waals surface area contributed by atoms with Crippen LogP contribution in [0.5, 0.6) is 0 Å². The Labute approximate surface area is 91.7 Å². The smallest absolute Gasteiger partial charge is 0.242 e. The van der Waals surface area contributed by atoms with Crippen LogP contribution in [0.1, 0.15) is 17.6 Å². The van der Waals surface area contributed by atoms with Crippen molar-refractivity contribution in [2.75, 3.05) is 0 Å². The summed E-state index contributed by atoms with van der Waals surface area (Å²) in [7, 11) is 0. The van der Waals surface area contributed by atoms with Gasteiger partial charge in [-0.05, 0) is 22.6 Å². The molecule has 0 saturated heterocycles. The number of nitrogens with zero attached hydrogens (tertiary/aromatic N) is 2. The van der Waals surface area contributed by atoms with Gasteiger partial charge in [0.05, 0.1) is 14.7 Å². The van der Waals surface area contributed by atoms with Gasteiger partial charge in [-0.2, -0.15) is 5.26 Å². The van der Waals surface area contributed by atoms with E-state index in [9.17, 15) is 8.78 Å². The summed E-state index contributed by atoms with van der Waals surface area (Å²) < 4.78 is 25.0. The lowest BCUT2D eigenvalue weighted by Crippen LogP contribution is -1.97. The van der Waals surface area contributed by atoms with Crippen LogP contribution in [0.15, 0.2) is 6.20 Å². The van der Waals surface area contributed by atoms with Crippen LogP contribution in [-0.2, 0) is 0 Å². The third-order valence-electron chi connectivity index (χ3n) is 1.35. The summed E-state index contributed by atoms with van der Waals surface area (Å²) in [6.45, 7) is 0. The number of hydrogen-bond donors (Lipinski definition) is 0. The molecule has 0 amide bonds. The molecule has 1 rings (SSSR count). The van der Waals surface area contributed by atoms with Crippen LogP contribution < -0.4 is 0 Å². The summed E-state index contributed by atoms with van der Waals surface area (Å²) in [6.07, 6.45) is -1.66. The quantitative estimate of drug-likeness (QED) is 0.590. The number of pyridine rings is 1. The van der Waals surface area contributed by atoms with Gasteiger partial charge in [-0.1, -0.05) is 11.6 Å². The first-order valence-electron chi connectivity index (χ1n) is 3.10. The summed E-state index contributed by atoms with van der Waals surface area (Å²) in [5, 5.41) is 8.51. The van der Waals surface area contributed by atoms with Gasteiger partial charge in [0.25, 0.3) is 6.43 Å². The van der Waals surface area contributed by atoms with Gasteiger partial charge in [-0.25, -0.2) is 13.8 Å². The molecule has 0 aliphatic heterocycles. The van der Waals surface area contributed by atoms with Crippen LogP contribution in [0, 0.1) is 14.9 Å². The van der Waals surface area contributed by atoms with Crippen LogP contribution in [0.3, 0.4) is 0 Å². The Morgan fingerprint density at radius 3 is 2.69 bits per heavy atom. The molecule has 68 valence electrons. The Hall–Kier alpha value is -0.480. The first-order chi connectivity index (χ1) is 6.07. The van der Waals surface area contributed by atoms with Crippen molar-refractivity contribution in [2.45, 2.75) is 6.43 Å². The maximum absolute atomic E-state index is 12.4. The predicted molar refractivity (Wildman–Crippen MR) is 51.6 cm³/mol. The standard InChI is InChI=1S/C7H2ClF2IN2/c8-6-5(11)4(7(9)10)3(1-12)2-13-6/h2,7H. The molecular weight excluding hydrogens is 312 g/mol. The Morgan fingerprint density at radius 1 is 1.62 bits per heavy atom. The van der Waals surface area contributed by atoms with E-state index in [-0.39, 0.29) is 19.9 Å². The Morgan fingerprint density at radius 2 is 2.23 bits per heavy atom. The Balaban J connectivity index is 3.43. The highest BCUT2D eigenvalue weighted by Crippen LogP contribution is 2.30. The van der Waals surface area contributed by atoms with E-state index in [4.69, 9.17) is 16.9 Å². The predicted octanol–water partition coefficient (Wildman–Crippen LogP) is 3.15. The van der Waals surface area contributed by atoms with Gasteiger partial charge in [-0.15, -0.1) is 0 Å². The number of hydrogen-bond acceptors (Lipinski definition) is 2. The van der Waals surface area contributed by atoms with E-state index in [1.54, 1.807) is 28.7 Å². The van der Waals surface area contributed by atoms with Crippen LogP contribution in [0.2, 0.25) is 5.15 Å². The van der Waals surface area contributed by atoms with Gasteiger partial charge in [-0.3, -0.25) is 0 Å². The van der Waals surface area contributed by atoms with Crippen molar-refractivity contribution in [3.63, 3.8) is 0 Å². The molecule has 1 aromatic heterocycles. The fraction of sp³-hybridized carbons (Fsp3) is 0.143. The highest BCUT2D eigenvalue weighted by atomic mass is 127. The van der Waals surface area contributed by atoms with Crippen LogP contribution in [-0.4, -0.2) is 4.98 Å². The SMILES string of the molecule is N#Cc1cnc(Cl)c(I)c1C(F)F. The molecule has 0 unspecified atom stereocenters. The zero-order chi connectivity index (χ0) is 10.0. The lowest BCUT2D eigenvalue weighted by atomic mass is 10.2. The van der Waals surface area contributed by atoms with E-state index < -0.39 is 6.43 Å². The van der Waals surface area contributed by atoms with E-state index in [1.807, 2.05) is 0 Å². The summed E-state index contributed by atoms with van der Waals surface area (Å²) in [5.74, 6) is 0. The average molecular weight is 314 g/mol. The van der Waals surface area contributed by atoms with Gasteiger partial charge >= 0.3 is 0 Å². The molecule has 6 heteroatoms. The highest BCUT2D eigenvalue weighted by molar-refractivity contribution is 14.1. The number of nitriles is 1.